The smallest absolute Gasteiger partial charge is 0.234 e. The van der Waals surface area contributed by atoms with Gasteiger partial charge >= 0.3 is 5.92 Å². The largest absolute Gasteiger partial charge is 0.303 e. The fraction of sp³-hybridized carbons (Fsp3) is 0.333. The molecule has 0 radical (unpaired) electrons. The standard InChI is InChI=1S/C6H5BrF2N2/c1-6(8,9)5-10-2-4(7)3-11-5/h2-3H,1H3/i2D,3D. The van der Waals surface area contributed by atoms with Crippen LogP contribution in [-0.2, 0) is 5.92 Å². The average Bonchev–Trinajstić information content (AvgIpc) is 1.97. The Hall–Kier alpha value is -0.580. The van der Waals surface area contributed by atoms with Crippen molar-refractivity contribution in [3.8, 4) is 0 Å². The van der Waals surface area contributed by atoms with E-state index in [0.29, 0.717) is 6.92 Å². The van der Waals surface area contributed by atoms with E-state index in [1.165, 1.54) is 0 Å². The molecule has 60 valence electrons. The second-order valence-electron chi connectivity index (χ2n) is 1.97. The summed E-state index contributed by atoms with van der Waals surface area (Å²) in [5.74, 6) is -4.02. The number of aromatic nitrogens is 2. The topological polar surface area (TPSA) is 25.8 Å². The molecule has 2 nitrogen and oxygen atoms in total. The molecule has 0 aliphatic rings. The predicted molar refractivity (Wildman–Crippen MR) is 39.3 cm³/mol. The lowest BCUT2D eigenvalue weighted by Crippen LogP contribution is -2.11. The molecule has 5 heteroatoms. The van der Waals surface area contributed by atoms with Crippen molar-refractivity contribution in [3.63, 3.8) is 0 Å². The minimum atomic E-state index is -3.22. The molecule has 0 bridgehead atoms. The summed E-state index contributed by atoms with van der Waals surface area (Å²) in [6, 6.07) is 0. The van der Waals surface area contributed by atoms with Crippen molar-refractivity contribution >= 4 is 15.9 Å². The number of hydrogen-bond donors (Lipinski definition) is 0. The number of halogens is 3. The van der Waals surface area contributed by atoms with Gasteiger partial charge in [0.05, 0.1) is 7.21 Å². The zero-order valence-corrected chi connectivity index (χ0v) is 7.11. The predicted octanol–water partition coefficient (Wildman–Crippen LogP) is 2.35. The van der Waals surface area contributed by atoms with Crippen LogP contribution in [0.1, 0.15) is 15.5 Å². The minimum absolute atomic E-state index is 0.0144. The summed E-state index contributed by atoms with van der Waals surface area (Å²) in [7, 11) is 0. The number of alkyl halides is 2. The monoisotopic (exact) mass is 224 g/mol. The molecule has 1 heterocycles. The maximum Gasteiger partial charge on any atom is 0.303 e. The molecule has 0 saturated carbocycles. The van der Waals surface area contributed by atoms with Gasteiger partial charge in [0.25, 0.3) is 0 Å². The molecular formula is C6H5BrF2N2. The third-order valence-corrected chi connectivity index (χ3v) is 1.27. The fourth-order valence-corrected chi connectivity index (χ4v) is 0.628. The molecule has 0 aliphatic heterocycles. The van der Waals surface area contributed by atoms with Crippen LogP contribution in [0.2, 0.25) is 0 Å². The molecule has 1 aromatic rings. The van der Waals surface area contributed by atoms with Gasteiger partial charge in [-0.25, -0.2) is 9.97 Å². The molecule has 0 amide bonds. The second-order valence-corrected chi connectivity index (χ2v) is 2.77. The van der Waals surface area contributed by atoms with E-state index in [2.05, 4.69) is 25.9 Å². The Morgan fingerprint density at radius 1 is 1.55 bits per heavy atom. The van der Waals surface area contributed by atoms with Gasteiger partial charge in [0.2, 0.25) is 0 Å². The third kappa shape index (κ3) is 2.18. The summed E-state index contributed by atoms with van der Waals surface area (Å²) < 4.78 is 39.6. The van der Waals surface area contributed by atoms with Crippen molar-refractivity contribution in [2.45, 2.75) is 12.8 Å². The Kier molecular flexibility index (Phi) is 1.53. The van der Waals surface area contributed by atoms with Crippen molar-refractivity contribution in [2.24, 2.45) is 0 Å². The van der Waals surface area contributed by atoms with Crippen LogP contribution in [0.15, 0.2) is 16.8 Å². The number of nitrogens with zero attached hydrogens (tertiary/aromatic N) is 2. The lowest BCUT2D eigenvalue weighted by Gasteiger charge is -2.06. The maximum absolute atomic E-state index is 12.6. The molecule has 0 atom stereocenters. The third-order valence-electron chi connectivity index (χ3n) is 0.913. The van der Waals surface area contributed by atoms with Crippen LogP contribution in [0.25, 0.3) is 0 Å². The molecule has 0 aromatic carbocycles. The van der Waals surface area contributed by atoms with Crippen molar-refractivity contribution in [1.29, 1.82) is 0 Å². The van der Waals surface area contributed by atoms with Crippen molar-refractivity contribution in [2.75, 3.05) is 0 Å². The molecule has 0 fully saturated rings. The van der Waals surface area contributed by atoms with Gasteiger partial charge in [-0.3, -0.25) is 0 Å². The summed E-state index contributed by atoms with van der Waals surface area (Å²) in [5.41, 5.74) is 0. The first-order chi connectivity index (χ1) is 5.82. The van der Waals surface area contributed by atoms with E-state index in [-0.39, 0.29) is 4.47 Å². The van der Waals surface area contributed by atoms with E-state index >= 15 is 0 Å². The molecule has 0 spiro atoms. The van der Waals surface area contributed by atoms with Crippen LogP contribution in [0, 0.1) is 0 Å². The number of rotatable bonds is 1. The molecule has 0 aliphatic carbocycles. The Labute approximate surface area is 73.6 Å². The highest BCUT2D eigenvalue weighted by molar-refractivity contribution is 9.10. The molecule has 1 rings (SSSR count). The van der Waals surface area contributed by atoms with Crippen molar-refractivity contribution < 1.29 is 11.5 Å². The van der Waals surface area contributed by atoms with Gasteiger partial charge < -0.3 is 0 Å². The van der Waals surface area contributed by atoms with Crippen LogP contribution >= 0.6 is 15.9 Å². The summed E-state index contributed by atoms with van der Waals surface area (Å²) in [5, 5.41) is 0. The Morgan fingerprint density at radius 3 is 2.36 bits per heavy atom. The van der Waals surface area contributed by atoms with E-state index < -0.39 is 24.1 Å². The molecule has 0 N–H and O–H groups in total. The summed E-state index contributed by atoms with van der Waals surface area (Å²) in [6.45, 7) is 0.620. The zero-order chi connectivity index (χ0) is 10.2. The minimum Gasteiger partial charge on any atom is -0.234 e. The summed E-state index contributed by atoms with van der Waals surface area (Å²) >= 11 is 2.84. The highest BCUT2D eigenvalue weighted by atomic mass is 79.9. The average molecular weight is 225 g/mol. The first kappa shape index (κ1) is 5.99. The molecule has 0 unspecified atom stereocenters. The van der Waals surface area contributed by atoms with Gasteiger partial charge in [-0.2, -0.15) is 8.78 Å². The highest BCUT2D eigenvalue weighted by Crippen LogP contribution is 2.23. The van der Waals surface area contributed by atoms with E-state index in [4.69, 9.17) is 2.74 Å². The fourth-order valence-electron chi connectivity index (χ4n) is 0.450. The van der Waals surface area contributed by atoms with Crippen molar-refractivity contribution in [3.05, 3.63) is 22.6 Å². The van der Waals surface area contributed by atoms with Gasteiger partial charge in [0.15, 0.2) is 5.82 Å². The zero-order valence-electron chi connectivity index (χ0n) is 7.53. The van der Waals surface area contributed by atoms with Gasteiger partial charge in [-0.05, 0) is 15.9 Å². The van der Waals surface area contributed by atoms with Gasteiger partial charge in [0.1, 0.15) is 0 Å². The molecular weight excluding hydrogens is 218 g/mol. The Morgan fingerprint density at radius 2 is 2.00 bits per heavy atom. The first-order valence-corrected chi connectivity index (χ1v) is 3.50. The molecule has 11 heavy (non-hydrogen) atoms. The Balaban J connectivity index is 3.29. The first-order valence-electron chi connectivity index (χ1n) is 3.71. The number of hydrogen-bond acceptors (Lipinski definition) is 2. The quantitative estimate of drug-likeness (QED) is 0.733. The normalized spacial score (nSPS) is 14.2. The van der Waals surface area contributed by atoms with E-state index in [1.54, 1.807) is 0 Å². The lowest BCUT2D eigenvalue weighted by molar-refractivity contribution is 0.00763. The second kappa shape index (κ2) is 2.81. The van der Waals surface area contributed by atoms with Crippen LogP contribution in [-0.4, -0.2) is 9.97 Å². The maximum atomic E-state index is 12.6. The SMILES string of the molecule is [2H]c1nc(C(C)(F)F)nc([2H])c1Br. The highest BCUT2D eigenvalue weighted by Gasteiger charge is 2.27. The summed E-state index contributed by atoms with van der Waals surface area (Å²) in [4.78, 5) is 6.49. The van der Waals surface area contributed by atoms with Crippen LogP contribution in [0.5, 0.6) is 0 Å². The summed E-state index contributed by atoms with van der Waals surface area (Å²) in [6.07, 6.45) is -0.812. The van der Waals surface area contributed by atoms with E-state index in [1.807, 2.05) is 0 Å². The van der Waals surface area contributed by atoms with Crippen LogP contribution in [0.3, 0.4) is 0 Å². The van der Waals surface area contributed by atoms with Gasteiger partial charge in [0, 0.05) is 19.3 Å². The van der Waals surface area contributed by atoms with E-state index in [0.717, 1.165) is 0 Å². The van der Waals surface area contributed by atoms with E-state index in [9.17, 15) is 8.78 Å². The van der Waals surface area contributed by atoms with Gasteiger partial charge in [-0.15, -0.1) is 0 Å². The molecule has 1 aromatic heterocycles. The van der Waals surface area contributed by atoms with Crippen LogP contribution < -0.4 is 0 Å². The molecule has 0 saturated heterocycles. The van der Waals surface area contributed by atoms with Crippen molar-refractivity contribution in [1.82, 2.24) is 9.97 Å². The van der Waals surface area contributed by atoms with Gasteiger partial charge in [-0.1, -0.05) is 0 Å². The van der Waals surface area contributed by atoms with Crippen LogP contribution in [0.4, 0.5) is 8.78 Å². The Bertz CT molecular complexity index is 317. The lowest BCUT2D eigenvalue weighted by atomic mass is 10.3.